The van der Waals surface area contributed by atoms with Crippen LogP contribution in [0.25, 0.3) is 0 Å². The van der Waals surface area contributed by atoms with Gasteiger partial charge >= 0.3 is 12.4 Å². The molecule has 2 aliphatic heterocycles. The average Bonchev–Trinajstić information content (AvgIpc) is 3.33. The fraction of sp³-hybridized carbons (Fsp3) is 0.480. The highest BCUT2D eigenvalue weighted by atomic mass is 32.2. The molecule has 3 N–H and O–H groups in total. The summed E-state index contributed by atoms with van der Waals surface area (Å²) in [6, 6.07) is 3.29. The quantitative estimate of drug-likeness (QED) is 0.413. The molecule has 1 fully saturated rings. The predicted octanol–water partition coefficient (Wildman–Crippen LogP) is 3.71. The number of nitrogens with zero attached hydrogens (tertiary/aromatic N) is 1. The van der Waals surface area contributed by atoms with E-state index in [9.17, 15) is 53.4 Å². The van der Waals surface area contributed by atoms with Gasteiger partial charge in [0.15, 0.2) is 0 Å². The second kappa shape index (κ2) is 11.0. The van der Waals surface area contributed by atoms with E-state index in [0.29, 0.717) is 29.0 Å². The van der Waals surface area contributed by atoms with E-state index in [1.54, 1.807) is 0 Å². The molecule has 1 amide bonds. The summed E-state index contributed by atoms with van der Waals surface area (Å²) in [4.78, 5) is 12.4. The van der Waals surface area contributed by atoms with Crippen molar-refractivity contribution in [3.63, 3.8) is 0 Å². The highest BCUT2D eigenvalue weighted by molar-refractivity contribution is 7.92. The van der Waals surface area contributed by atoms with Crippen molar-refractivity contribution in [2.75, 3.05) is 24.1 Å². The summed E-state index contributed by atoms with van der Waals surface area (Å²) in [6.07, 6.45) is -13.2. The lowest BCUT2D eigenvalue weighted by atomic mass is 9.87. The summed E-state index contributed by atoms with van der Waals surface area (Å²) in [5.74, 6) is -1.93. The average molecular weight is 616 g/mol. The Bertz CT molecular complexity index is 1370. The van der Waals surface area contributed by atoms with Crippen molar-refractivity contribution in [1.29, 1.82) is 0 Å². The van der Waals surface area contributed by atoms with Gasteiger partial charge in [-0.25, -0.2) is 12.8 Å². The summed E-state index contributed by atoms with van der Waals surface area (Å²) in [7, 11) is -4.63. The molecule has 0 saturated carbocycles. The zero-order chi connectivity index (χ0) is 30.4. The number of nitrogens with one attached hydrogen (secondary N) is 2. The summed E-state index contributed by atoms with van der Waals surface area (Å²) < 4.78 is 136. The van der Waals surface area contributed by atoms with E-state index in [4.69, 9.17) is 0 Å². The largest absolute Gasteiger partial charge is 0.430 e. The normalized spacial score (nSPS) is 22.0. The molecule has 16 heteroatoms. The van der Waals surface area contributed by atoms with Crippen LogP contribution in [-0.2, 0) is 26.8 Å². The molecule has 3 unspecified atom stereocenters. The number of fused-ring (bicyclic) bond motifs is 1. The monoisotopic (exact) mass is 615 g/mol. The fourth-order valence-corrected chi connectivity index (χ4v) is 6.84. The second-order valence-corrected chi connectivity index (χ2v) is 11.8. The maximum Gasteiger partial charge on any atom is 0.430 e. The molecule has 0 aromatic heterocycles. The van der Waals surface area contributed by atoms with Crippen molar-refractivity contribution >= 4 is 21.6 Å². The Labute approximate surface area is 229 Å². The van der Waals surface area contributed by atoms with Crippen LogP contribution in [0.2, 0.25) is 0 Å². The van der Waals surface area contributed by atoms with Gasteiger partial charge in [-0.15, -0.1) is 0 Å². The van der Waals surface area contributed by atoms with Gasteiger partial charge in [-0.05, 0) is 48.7 Å². The number of hydrogen-bond donors (Lipinski definition) is 3. The lowest BCUT2D eigenvalue weighted by Crippen LogP contribution is -2.54. The molecule has 0 spiro atoms. The van der Waals surface area contributed by atoms with Crippen molar-refractivity contribution in [3.05, 3.63) is 59.4 Å². The first kappa shape index (κ1) is 31.0. The van der Waals surface area contributed by atoms with E-state index >= 15 is 0 Å². The van der Waals surface area contributed by atoms with Gasteiger partial charge < -0.3 is 15.7 Å². The van der Waals surface area contributed by atoms with Gasteiger partial charge in [-0.3, -0.25) is 13.5 Å². The first-order chi connectivity index (χ1) is 19.0. The van der Waals surface area contributed by atoms with Crippen LogP contribution < -0.4 is 14.9 Å². The zero-order valence-electron chi connectivity index (χ0n) is 21.1. The number of aryl methyl sites for hydroxylation is 1. The smallest absolute Gasteiger partial charge is 0.369 e. The molecule has 0 bridgehead atoms. The summed E-state index contributed by atoms with van der Waals surface area (Å²) in [5.41, 5.74) is -7.35. The first-order valence-electron chi connectivity index (χ1n) is 12.4. The third-order valence-electron chi connectivity index (χ3n) is 7.31. The Kier molecular flexibility index (Phi) is 8.32. The van der Waals surface area contributed by atoms with Crippen LogP contribution in [-0.4, -0.2) is 63.6 Å². The molecule has 2 aromatic carbocycles. The van der Waals surface area contributed by atoms with Crippen molar-refractivity contribution in [2.24, 2.45) is 5.92 Å². The molecular formula is C25H25F8N3O4S. The van der Waals surface area contributed by atoms with Gasteiger partial charge in [0, 0.05) is 37.0 Å². The van der Waals surface area contributed by atoms with Gasteiger partial charge in [0.05, 0.1) is 23.3 Å². The Morgan fingerprint density at radius 2 is 1.66 bits per heavy atom. The third kappa shape index (κ3) is 5.73. The van der Waals surface area contributed by atoms with E-state index in [2.05, 4.69) is 10.6 Å². The van der Waals surface area contributed by atoms with Crippen molar-refractivity contribution in [3.8, 4) is 0 Å². The lowest BCUT2D eigenvalue weighted by molar-refractivity contribution is -0.376. The predicted molar refractivity (Wildman–Crippen MR) is 130 cm³/mol. The Morgan fingerprint density at radius 3 is 2.24 bits per heavy atom. The fourth-order valence-electron chi connectivity index (χ4n) is 5.12. The van der Waals surface area contributed by atoms with Gasteiger partial charge in [0.2, 0.25) is 5.91 Å². The topological polar surface area (TPSA) is 98.7 Å². The zero-order valence-corrected chi connectivity index (χ0v) is 21.9. The maximum atomic E-state index is 13.7. The molecular weight excluding hydrogens is 590 g/mol. The molecule has 2 heterocycles. The number of aliphatic hydroxyl groups is 1. The number of benzene rings is 2. The number of halogens is 8. The number of rotatable bonds is 7. The van der Waals surface area contributed by atoms with E-state index in [0.717, 1.165) is 24.3 Å². The third-order valence-corrected chi connectivity index (χ3v) is 9.19. The van der Waals surface area contributed by atoms with Crippen LogP contribution in [0, 0.1) is 11.7 Å². The van der Waals surface area contributed by atoms with Crippen LogP contribution in [0.3, 0.4) is 0 Å². The second-order valence-electron chi connectivity index (χ2n) is 9.95. The number of hydrogen-bond acceptors (Lipinski definition) is 5. The van der Waals surface area contributed by atoms with E-state index in [1.807, 2.05) is 0 Å². The van der Waals surface area contributed by atoms with Crippen molar-refractivity contribution < 1.29 is 53.4 Å². The van der Waals surface area contributed by atoms with E-state index < -0.39 is 81.3 Å². The number of sulfonamides is 1. The van der Waals surface area contributed by atoms with Gasteiger partial charge in [-0.2, -0.15) is 26.3 Å². The molecule has 226 valence electrons. The SMILES string of the molecule is O=C(CC1CCc2cc(C(O)(C(F)(F)F)C(F)(F)F)ccc2N1S(=O)(=O)c1ccc(F)cc1)NC1CNCC1CF. The number of carbonyl (C=O) groups is 1. The molecule has 4 rings (SSSR count). The Morgan fingerprint density at radius 1 is 1.02 bits per heavy atom. The van der Waals surface area contributed by atoms with Crippen LogP contribution in [0.1, 0.15) is 24.0 Å². The van der Waals surface area contributed by atoms with Gasteiger partial charge in [0.25, 0.3) is 15.6 Å². The molecule has 0 radical (unpaired) electrons. The molecule has 41 heavy (non-hydrogen) atoms. The molecule has 1 saturated heterocycles. The molecule has 7 nitrogen and oxygen atoms in total. The minimum absolute atomic E-state index is 0.198. The molecule has 2 aromatic rings. The highest BCUT2D eigenvalue weighted by Gasteiger charge is 2.71. The summed E-state index contributed by atoms with van der Waals surface area (Å²) >= 11 is 0. The van der Waals surface area contributed by atoms with Crippen LogP contribution in [0.4, 0.5) is 40.8 Å². The van der Waals surface area contributed by atoms with E-state index in [1.165, 1.54) is 0 Å². The van der Waals surface area contributed by atoms with Gasteiger partial charge in [0.1, 0.15) is 5.82 Å². The summed E-state index contributed by atoms with van der Waals surface area (Å²) in [5, 5.41) is 15.4. The minimum atomic E-state index is -6.15. The minimum Gasteiger partial charge on any atom is -0.369 e. The standard InChI is InChI=1S/C25H25F8N3O4S/c26-11-15-12-34-13-20(15)35-22(37)10-18-5-1-14-9-16(23(38,24(28,29)30)25(31,32)33)2-8-21(14)36(18)41(39,40)19-6-3-17(27)4-7-19/h2-4,6-9,15,18,20,34,38H,1,5,10-13H2,(H,35,37). The molecule has 0 aliphatic carbocycles. The number of carbonyl (C=O) groups excluding carboxylic acids is 1. The number of anilines is 1. The molecule has 2 aliphatic rings. The van der Waals surface area contributed by atoms with Gasteiger partial charge in [-0.1, -0.05) is 12.1 Å². The Balaban J connectivity index is 1.76. The Hall–Kier alpha value is -2.98. The number of alkyl halides is 7. The summed E-state index contributed by atoms with van der Waals surface area (Å²) in [6.45, 7) is -0.131. The highest BCUT2D eigenvalue weighted by Crippen LogP contribution is 2.51. The maximum absolute atomic E-state index is 13.7. The first-order valence-corrected chi connectivity index (χ1v) is 13.8. The molecule has 3 atom stereocenters. The number of amides is 1. The van der Waals surface area contributed by atoms with Crippen LogP contribution in [0.5, 0.6) is 0 Å². The van der Waals surface area contributed by atoms with Crippen LogP contribution in [0.15, 0.2) is 47.4 Å². The van der Waals surface area contributed by atoms with Crippen LogP contribution >= 0.6 is 0 Å². The van der Waals surface area contributed by atoms with Crippen molar-refractivity contribution in [2.45, 2.75) is 54.2 Å². The van der Waals surface area contributed by atoms with Crippen molar-refractivity contribution in [1.82, 2.24) is 10.6 Å². The lowest BCUT2D eigenvalue weighted by Gasteiger charge is -2.39. The van der Waals surface area contributed by atoms with E-state index in [-0.39, 0.29) is 30.6 Å².